The number of urea groups is 1. The fourth-order valence-electron chi connectivity index (χ4n) is 1.97. The van der Waals surface area contributed by atoms with Gasteiger partial charge in [0.15, 0.2) is 0 Å². The van der Waals surface area contributed by atoms with E-state index in [0.717, 1.165) is 38.4 Å². The van der Waals surface area contributed by atoms with Crippen molar-refractivity contribution in [2.45, 2.75) is 0 Å². The molecule has 0 aromatic heterocycles. The van der Waals surface area contributed by atoms with Crippen LogP contribution in [0.25, 0.3) is 0 Å². The highest BCUT2D eigenvalue weighted by Gasteiger charge is 2.09. The van der Waals surface area contributed by atoms with Gasteiger partial charge < -0.3 is 16.0 Å². The molecule has 2 amide bonds. The normalized spacial score (nSPS) is 16.1. The molecule has 1 aromatic carbocycles. The number of benzene rings is 1. The second-order valence-electron chi connectivity index (χ2n) is 4.48. The number of anilines is 1. The van der Waals surface area contributed by atoms with Crippen LogP contribution < -0.4 is 16.0 Å². The summed E-state index contributed by atoms with van der Waals surface area (Å²) in [6, 6.07) is 6.86. The summed E-state index contributed by atoms with van der Waals surface area (Å²) in [4.78, 5) is 14.0. The molecule has 0 radical (unpaired) electrons. The SMILES string of the molecule is O=C(NCCN1CCNCC1)Nc1ccc(Cl)cc1. The van der Waals surface area contributed by atoms with Gasteiger partial charge in [-0.05, 0) is 24.3 Å². The van der Waals surface area contributed by atoms with Crippen molar-refractivity contribution < 1.29 is 4.79 Å². The first-order valence-corrected chi connectivity index (χ1v) is 6.85. The number of nitrogens with one attached hydrogen (secondary N) is 3. The summed E-state index contributed by atoms with van der Waals surface area (Å²) in [5, 5.41) is 9.57. The van der Waals surface area contributed by atoms with Crippen molar-refractivity contribution >= 4 is 23.3 Å². The lowest BCUT2D eigenvalue weighted by molar-refractivity contribution is 0.233. The molecule has 104 valence electrons. The Labute approximate surface area is 118 Å². The number of carbonyl (C=O) groups is 1. The highest BCUT2D eigenvalue weighted by molar-refractivity contribution is 6.30. The maximum Gasteiger partial charge on any atom is 0.319 e. The molecular weight excluding hydrogens is 264 g/mol. The lowest BCUT2D eigenvalue weighted by Crippen LogP contribution is -2.46. The van der Waals surface area contributed by atoms with Crippen LogP contribution in [0.4, 0.5) is 10.5 Å². The molecular formula is C13H19ClN4O. The van der Waals surface area contributed by atoms with E-state index in [0.29, 0.717) is 11.6 Å². The van der Waals surface area contributed by atoms with Gasteiger partial charge in [-0.15, -0.1) is 0 Å². The van der Waals surface area contributed by atoms with Crippen molar-refractivity contribution in [3.63, 3.8) is 0 Å². The molecule has 1 fully saturated rings. The third kappa shape index (κ3) is 5.06. The molecule has 19 heavy (non-hydrogen) atoms. The number of halogens is 1. The minimum absolute atomic E-state index is 0.183. The molecule has 5 nitrogen and oxygen atoms in total. The molecule has 1 aromatic rings. The van der Waals surface area contributed by atoms with Crippen LogP contribution in [-0.2, 0) is 0 Å². The van der Waals surface area contributed by atoms with Crippen LogP contribution in [-0.4, -0.2) is 50.2 Å². The summed E-state index contributed by atoms with van der Waals surface area (Å²) in [5.74, 6) is 0. The Kier molecular flexibility index (Phi) is 5.44. The van der Waals surface area contributed by atoms with Crippen molar-refractivity contribution in [1.82, 2.24) is 15.5 Å². The third-order valence-electron chi connectivity index (χ3n) is 3.03. The smallest absolute Gasteiger partial charge is 0.319 e. The monoisotopic (exact) mass is 282 g/mol. The second kappa shape index (κ2) is 7.33. The number of carbonyl (C=O) groups excluding carboxylic acids is 1. The highest BCUT2D eigenvalue weighted by Crippen LogP contribution is 2.12. The zero-order valence-corrected chi connectivity index (χ0v) is 11.5. The predicted octanol–water partition coefficient (Wildman–Crippen LogP) is 1.37. The Morgan fingerprint density at radius 2 is 1.95 bits per heavy atom. The molecule has 0 aliphatic carbocycles. The summed E-state index contributed by atoms with van der Waals surface area (Å²) >= 11 is 5.78. The van der Waals surface area contributed by atoms with E-state index in [4.69, 9.17) is 11.6 Å². The van der Waals surface area contributed by atoms with Crippen LogP contribution in [0.15, 0.2) is 24.3 Å². The molecule has 0 bridgehead atoms. The van der Waals surface area contributed by atoms with Gasteiger partial charge in [0.05, 0.1) is 0 Å². The summed E-state index contributed by atoms with van der Waals surface area (Å²) < 4.78 is 0. The number of piperazine rings is 1. The third-order valence-corrected chi connectivity index (χ3v) is 3.28. The minimum Gasteiger partial charge on any atom is -0.337 e. The van der Waals surface area contributed by atoms with E-state index >= 15 is 0 Å². The molecule has 0 spiro atoms. The van der Waals surface area contributed by atoms with Gasteiger partial charge in [-0.2, -0.15) is 0 Å². The Morgan fingerprint density at radius 1 is 1.26 bits per heavy atom. The van der Waals surface area contributed by atoms with Gasteiger partial charge in [-0.1, -0.05) is 11.6 Å². The van der Waals surface area contributed by atoms with E-state index in [9.17, 15) is 4.79 Å². The first-order chi connectivity index (χ1) is 9.24. The van der Waals surface area contributed by atoms with Gasteiger partial charge in [-0.25, -0.2) is 4.79 Å². The molecule has 1 aliphatic rings. The molecule has 3 N–H and O–H groups in total. The minimum atomic E-state index is -0.183. The zero-order chi connectivity index (χ0) is 13.5. The molecule has 1 aliphatic heterocycles. The summed E-state index contributed by atoms with van der Waals surface area (Å²) in [5.41, 5.74) is 0.740. The predicted molar refractivity (Wildman–Crippen MR) is 77.8 cm³/mol. The highest BCUT2D eigenvalue weighted by atomic mass is 35.5. The van der Waals surface area contributed by atoms with Crippen LogP contribution >= 0.6 is 11.6 Å². The first kappa shape index (κ1) is 14.1. The van der Waals surface area contributed by atoms with E-state index in [2.05, 4.69) is 20.9 Å². The molecule has 0 saturated carbocycles. The summed E-state index contributed by atoms with van der Waals surface area (Å²) in [6.45, 7) is 5.67. The van der Waals surface area contributed by atoms with E-state index in [1.165, 1.54) is 0 Å². The van der Waals surface area contributed by atoms with Gasteiger partial charge in [0, 0.05) is 50.0 Å². The average molecular weight is 283 g/mol. The van der Waals surface area contributed by atoms with Crippen LogP contribution in [0.5, 0.6) is 0 Å². The lowest BCUT2D eigenvalue weighted by atomic mass is 10.3. The fourth-order valence-corrected chi connectivity index (χ4v) is 2.10. The Morgan fingerprint density at radius 3 is 2.63 bits per heavy atom. The average Bonchev–Trinajstić information content (AvgIpc) is 2.43. The van der Waals surface area contributed by atoms with Crippen molar-refractivity contribution in [3.8, 4) is 0 Å². The number of hydrogen-bond donors (Lipinski definition) is 3. The molecule has 0 unspecified atom stereocenters. The maximum absolute atomic E-state index is 11.7. The number of rotatable bonds is 4. The summed E-state index contributed by atoms with van der Waals surface area (Å²) in [7, 11) is 0. The van der Waals surface area contributed by atoms with Gasteiger partial charge in [0.25, 0.3) is 0 Å². The molecule has 1 heterocycles. The van der Waals surface area contributed by atoms with Gasteiger partial charge >= 0.3 is 6.03 Å². The second-order valence-corrected chi connectivity index (χ2v) is 4.92. The van der Waals surface area contributed by atoms with Crippen LogP contribution in [0, 0.1) is 0 Å². The van der Waals surface area contributed by atoms with E-state index in [1.807, 2.05) is 0 Å². The Bertz CT molecular complexity index is 404. The fraction of sp³-hybridized carbons (Fsp3) is 0.462. The quantitative estimate of drug-likeness (QED) is 0.782. The topological polar surface area (TPSA) is 56.4 Å². The first-order valence-electron chi connectivity index (χ1n) is 6.47. The summed E-state index contributed by atoms with van der Waals surface area (Å²) in [6.07, 6.45) is 0. The van der Waals surface area contributed by atoms with Crippen molar-refractivity contribution in [2.24, 2.45) is 0 Å². The largest absolute Gasteiger partial charge is 0.337 e. The number of hydrogen-bond acceptors (Lipinski definition) is 3. The van der Waals surface area contributed by atoms with Crippen LogP contribution in [0.3, 0.4) is 0 Å². The molecule has 0 atom stereocenters. The van der Waals surface area contributed by atoms with Crippen LogP contribution in [0.1, 0.15) is 0 Å². The molecule has 6 heteroatoms. The lowest BCUT2D eigenvalue weighted by Gasteiger charge is -2.27. The Balaban J connectivity index is 1.65. The van der Waals surface area contributed by atoms with Crippen molar-refractivity contribution in [1.29, 1.82) is 0 Å². The number of nitrogens with zero attached hydrogens (tertiary/aromatic N) is 1. The van der Waals surface area contributed by atoms with Gasteiger partial charge in [0.2, 0.25) is 0 Å². The number of amides is 2. The molecule has 2 rings (SSSR count). The standard InChI is InChI=1S/C13H19ClN4O/c14-11-1-3-12(4-2-11)17-13(19)16-7-10-18-8-5-15-6-9-18/h1-4,15H,5-10H2,(H2,16,17,19). The van der Waals surface area contributed by atoms with Gasteiger partial charge in [-0.3, -0.25) is 4.90 Å². The van der Waals surface area contributed by atoms with Crippen LogP contribution in [0.2, 0.25) is 5.02 Å². The van der Waals surface area contributed by atoms with Gasteiger partial charge in [0.1, 0.15) is 0 Å². The van der Waals surface area contributed by atoms with Crippen molar-refractivity contribution in [3.05, 3.63) is 29.3 Å². The van der Waals surface area contributed by atoms with Crippen molar-refractivity contribution in [2.75, 3.05) is 44.6 Å². The van der Waals surface area contributed by atoms with E-state index in [1.54, 1.807) is 24.3 Å². The zero-order valence-electron chi connectivity index (χ0n) is 10.8. The van der Waals surface area contributed by atoms with E-state index in [-0.39, 0.29) is 6.03 Å². The van der Waals surface area contributed by atoms with E-state index < -0.39 is 0 Å². The molecule has 1 saturated heterocycles. The Hall–Kier alpha value is -1.30. The maximum atomic E-state index is 11.7.